The van der Waals surface area contributed by atoms with Gasteiger partial charge in [0.2, 0.25) is 0 Å². The second kappa shape index (κ2) is 7.60. The molecule has 0 atom stereocenters. The van der Waals surface area contributed by atoms with E-state index in [9.17, 15) is 10.1 Å². The summed E-state index contributed by atoms with van der Waals surface area (Å²) >= 11 is 0. The normalized spacial score (nSPS) is 10.4. The highest BCUT2D eigenvalue weighted by Gasteiger charge is 2.11. The Kier molecular flexibility index (Phi) is 5.54. The fraction of sp³-hybridized carbons (Fsp3) is 0.294. The molecule has 0 spiro atoms. The van der Waals surface area contributed by atoms with Crippen LogP contribution in [0.1, 0.15) is 16.7 Å². The average Bonchev–Trinajstić information content (AvgIpc) is 2.53. The van der Waals surface area contributed by atoms with E-state index in [-0.39, 0.29) is 5.69 Å². The monoisotopic (exact) mass is 316 g/mol. The van der Waals surface area contributed by atoms with Gasteiger partial charge in [0.15, 0.2) is 0 Å². The standard InChI is InChI=1S/C17H20N2O4/c1-12-9-15(4-5-16(12)19(20)21)23-11-14-10-13(7-8-18)3-6-17(14)22-2/h3-6,9-10H,7-8,11,18H2,1-2H3. The summed E-state index contributed by atoms with van der Waals surface area (Å²) in [5.74, 6) is 1.32. The zero-order chi connectivity index (χ0) is 16.8. The molecule has 122 valence electrons. The number of methoxy groups -OCH3 is 1. The van der Waals surface area contributed by atoms with Crippen LogP contribution in [0.5, 0.6) is 11.5 Å². The number of nitro groups is 1. The van der Waals surface area contributed by atoms with Crippen LogP contribution >= 0.6 is 0 Å². The van der Waals surface area contributed by atoms with Crippen LogP contribution in [0.3, 0.4) is 0 Å². The quantitative estimate of drug-likeness (QED) is 0.626. The van der Waals surface area contributed by atoms with Crippen molar-refractivity contribution in [1.82, 2.24) is 0 Å². The molecule has 0 fully saturated rings. The van der Waals surface area contributed by atoms with Crippen molar-refractivity contribution in [1.29, 1.82) is 0 Å². The van der Waals surface area contributed by atoms with Gasteiger partial charge in [-0.2, -0.15) is 0 Å². The van der Waals surface area contributed by atoms with E-state index in [2.05, 4.69) is 0 Å². The number of nitro benzene ring substituents is 1. The molecular weight excluding hydrogens is 296 g/mol. The molecule has 0 aromatic heterocycles. The van der Waals surface area contributed by atoms with Crippen molar-refractivity contribution >= 4 is 5.69 Å². The highest BCUT2D eigenvalue weighted by molar-refractivity contribution is 5.44. The third kappa shape index (κ3) is 4.20. The molecule has 0 aliphatic carbocycles. The van der Waals surface area contributed by atoms with Crippen LogP contribution in [0.15, 0.2) is 36.4 Å². The maximum absolute atomic E-state index is 10.8. The Morgan fingerprint density at radius 1 is 1.22 bits per heavy atom. The highest BCUT2D eigenvalue weighted by Crippen LogP contribution is 2.26. The summed E-state index contributed by atoms with van der Waals surface area (Å²) in [6.07, 6.45) is 0.785. The zero-order valence-corrected chi connectivity index (χ0v) is 13.2. The summed E-state index contributed by atoms with van der Waals surface area (Å²) in [7, 11) is 1.61. The van der Waals surface area contributed by atoms with Crippen LogP contribution < -0.4 is 15.2 Å². The van der Waals surface area contributed by atoms with E-state index in [0.29, 0.717) is 24.5 Å². The molecule has 0 saturated carbocycles. The van der Waals surface area contributed by atoms with E-state index in [0.717, 1.165) is 23.3 Å². The molecule has 0 bridgehead atoms. The molecule has 0 heterocycles. The maximum Gasteiger partial charge on any atom is 0.272 e. The number of nitrogens with two attached hydrogens (primary N) is 1. The molecule has 0 radical (unpaired) electrons. The lowest BCUT2D eigenvalue weighted by Gasteiger charge is -2.12. The molecule has 2 rings (SSSR count). The SMILES string of the molecule is COc1ccc(CCN)cc1COc1ccc([N+](=O)[O-])c(C)c1. The highest BCUT2D eigenvalue weighted by atomic mass is 16.6. The first kappa shape index (κ1) is 16.8. The number of ether oxygens (including phenoxy) is 2. The van der Waals surface area contributed by atoms with Crippen LogP contribution in [0.4, 0.5) is 5.69 Å². The van der Waals surface area contributed by atoms with E-state index >= 15 is 0 Å². The predicted octanol–water partition coefficient (Wildman–Crippen LogP) is 2.99. The first-order valence-corrected chi connectivity index (χ1v) is 7.29. The van der Waals surface area contributed by atoms with E-state index in [1.165, 1.54) is 6.07 Å². The van der Waals surface area contributed by atoms with Crippen molar-refractivity contribution in [3.05, 3.63) is 63.2 Å². The van der Waals surface area contributed by atoms with Crippen LogP contribution in [-0.2, 0) is 13.0 Å². The number of hydrogen-bond acceptors (Lipinski definition) is 5. The first-order chi connectivity index (χ1) is 11.0. The molecule has 2 N–H and O–H groups in total. The second-order valence-corrected chi connectivity index (χ2v) is 5.18. The topological polar surface area (TPSA) is 87.6 Å². The molecule has 0 amide bonds. The largest absolute Gasteiger partial charge is 0.496 e. The molecule has 2 aromatic rings. The van der Waals surface area contributed by atoms with E-state index in [1.54, 1.807) is 26.2 Å². The zero-order valence-electron chi connectivity index (χ0n) is 13.2. The maximum atomic E-state index is 10.8. The van der Waals surface area contributed by atoms with Gasteiger partial charge in [-0.25, -0.2) is 0 Å². The minimum absolute atomic E-state index is 0.0832. The Morgan fingerprint density at radius 3 is 2.61 bits per heavy atom. The summed E-state index contributed by atoms with van der Waals surface area (Å²) < 4.78 is 11.1. The fourth-order valence-electron chi connectivity index (χ4n) is 2.35. The van der Waals surface area contributed by atoms with E-state index in [4.69, 9.17) is 15.2 Å². The van der Waals surface area contributed by atoms with Gasteiger partial charge in [0.05, 0.1) is 12.0 Å². The molecule has 2 aromatic carbocycles. The molecule has 0 unspecified atom stereocenters. The second-order valence-electron chi connectivity index (χ2n) is 5.18. The van der Waals surface area contributed by atoms with Gasteiger partial charge in [-0.15, -0.1) is 0 Å². The Hall–Kier alpha value is -2.60. The van der Waals surface area contributed by atoms with Gasteiger partial charge in [0.1, 0.15) is 18.1 Å². The van der Waals surface area contributed by atoms with Crippen molar-refractivity contribution < 1.29 is 14.4 Å². The van der Waals surface area contributed by atoms with Crippen LogP contribution in [-0.4, -0.2) is 18.6 Å². The molecule has 6 heteroatoms. The molecular formula is C17H20N2O4. The minimum atomic E-state index is -0.404. The summed E-state index contributed by atoms with van der Waals surface area (Å²) in [4.78, 5) is 10.4. The molecule has 6 nitrogen and oxygen atoms in total. The van der Waals surface area contributed by atoms with Crippen molar-refractivity contribution in [3.8, 4) is 11.5 Å². The number of nitrogens with zero attached hydrogens (tertiary/aromatic N) is 1. The number of hydrogen-bond donors (Lipinski definition) is 1. The van der Waals surface area contributed by atoms with Gasteiger partial charge in [0, 0.05) is 17.2 Å². The van der Waals surface area contributed by atoms with Gasteiger partial charge in [-0.3, -0.25) is 10.1 Å². The molecule has 0 saturated heterocycles. The third-order valence-corrected chi connectivity index (χ3v) is 3.54. The van der Waals surface area contributed by atoms with Crippen LogP contribution in [0.2, 0.25) is 0 Å². The minimum Gasteiger partial charge on any atom is -0.496 e. The summed E-state index contributed by atoms with van der Waals surface area (Å²) in [5, 5.41) is 10.8. The summed E-state index contributed by atoms with van der Waals surface area (Å²) in [5.41, 5.74) is 8.26. The Bertz CT molecular complexity index is 701. The lowest BCUT2D eigenvalue weighted by atomic mass is 10.1. The Balaban J connectivity index is 2.15. The lowest BCUT2D eigenvalue weighted by Crippen LogP contribution is -2.05. The van der Waals surface area contributed by atoms with Crippen LogP contribution in [0, 0.1) is 17.0 Å². The summed E-state index contributed by atoms with van der Waals surface area (Å²) in [6.45, 7) is 2.58. The van der Waals surface area contributed by atoms with Gasteiger partial charge in [0.25, 0.3) is 5.69 Å². The number of benzene rings is 2. The van der Waals surface area contributed by atoms with Crippen molar-refractivity contribution in [2.24, 2.45) is 5.73 Å². The van der Waals surface area contributed by atoms with Gasteiger partial charge < -0.3 is 15.2 Å². The van der Waals surface area contributed by atoms with Gasteiger partial charge in [-0.05, 0) is 49.7 Å². The fourth-order valence-corrected chi connectivity index (χ4v) is 2.35. The smallest absolute Gasteiger partial charge is 0.272 e. The Labute approximate surface area is 135 Å². The number of rotatable bonds is 7. The number of aryl methyl sites for hydroxylation is 1. The van der Waals surface area contributed by atoms with Crippen molar-refractivity contribution in [2.45, 2.75) is 20.0 Å². The molecule has 0 aliphatic heterocycles. The lowest BCUT2D eigenvalue weighted by molar-refractivity contribution is -0.385. The Morgan fingerprint density at radius 2 is 2.00 bits per heavy atom. The van der Waals surface area contributed by atoms with E-state index in [1.807, 2.05) is 18.2 Å². The third-order valence-electron chi connectivity index (χ3n) is 3.54. The van der Waals surface area contributed by atoms with Gasteiger partial charge in [-0.1, -0.05) is 6.07 Å². The van der Waals surface area contributed by atoms with Crippen molar-refractivity contribution in [2.75, 3.05) is 13.7 Å². The molecule has 23 heavy (non-hydrogen) atoms. The summed E-state index contributed by atoms with van der Waals surface area (Å²) in [6, 6.07) is 10.6. The first-order valence-electron chi connectivity index (χ1n) is 7.29. The average molecular weight is 316 g/mol. The van der Waals surface area contributed by atoms with Crippen molar-refractivity contribution in [3.63, 3.8) is 0 Å². The van der Waals surface area contributed by atoms with Gasteiger partial charge >= 0.3 is 0 Å². The molecule has 0 aliphatic rings. The van der Waals surface area contributed by atoms with Crippen LogP contribution in [0.25, 0.3) is 0 Å². The van der Waals surface area contributed by atoms with E-state index < -0.39 is 4.92 Å². The predicted molar refractivity (Wildman–Crippen MR) is 87.9 cm³/mol.